The Bertz CT molecular complexity index is 480. The Morgan fingerprint density at radius 3 is 2.35 bits per heavy atom. The molecule has 0 aliphatic rings. The predicted molar refractivity (Wildman–Crippen MR) is 65.9 cm³/mol. The number of hydrazine groups is 1. The average molecular weight is 256 g/mol. The van der Waals surface area contributed by atoms with E-state index in [1.54, 1.807) is 31.2 Å². The smallest absolute Gasteiger partial charge is 0.266 e. The fraction of sp³-hybridized carbons (Fsp3) is 0.364. The van der Waals surface area contributed by atoms with Gasteiger partial charge in [-0.25, -0.2) is 8.42 Å². The molecule has 0 radical (unpaired) electrons. The molecule has 1 amide bonds. The summed E-state index contributed by atoms with van der Waals surface area (Å²) in [6.07, 6.45) is 0.496. The predicted octanol–water partition coefficient (Wildman–Crippen LogP) is 0.969. The van der Waals surface area contributed by atoms with E-state index in [4.69, 9.17) is 0 Å². The number of hydrogen-bond donors (Lipinski definition) is 2. The van der Waals surface area contributed by atoms with Crippen LogP contribution in [-0.2, 0) is 10.0 Å². The lowest BCUT2D eigenvalue weighted by Gasteiger charge is -2.07. The first kappa shape index (κ1) is 13.7. The Labute approximate surface area is 101 Å². The monoisotopic (exact) mass is 256 g/mol. The summed E-state index contributed by atoms with van der Waals surface area (Å²) in [7, 11) is -3.42. The Hall–Kier alpha value is -1.40. The van der Waals surface area contributed by atoms with E-state index in [2.05, 4.69) is 5.43 Å². The number of hydrogen-bond acceptors (Lipinski definition) is 3. The molecule has 94 valence electrons. The van der Waals surface area contributed by atoms with Gasteiger partial charge in [-0.2, -0.15) is 0 Å². The van der Waals surface area contributed by atoms with E-state index in [-0.39, 0.29) is 5.75 Å². The van der Waals surface area contributed by atoms with Crippen molar-refractivity contribution in [2.24, 2.45) is 0 Å². The molecule has 17 heavy (non-hydrogen) atoms. The highest BCUT2D eigenvalue weighted by Crippen LogP contribution is 2.02. The highest BCUT2D eigenvalue weighted by molar-refractivity contribution is 7.89. The maximum atomic E-state index is 11.6. The van der Waals surface area contributed by atoms with E-state index in [1.165, 1.54) is 0 Å². The molecule has 0 atom stereocenters. The summed E-state index contributed by atoms with van der Waals surface area (Å²) >= 11 is 0. The molecule has 0 heterocycles. The standard InChI is InChI=1S/C11H16N2O3S/c1-3-8-17(15,16)13-12-11(14)10-6-4-9(2)5-7-10/h4-7,13H,3,8H2,1-2H3,(H,12,14). The van der Waals surface area contributed by atoms with Crippen molar-refractivity contribution in [2.45, 2.75) is 20.3 Å². The summed E-state index contributed by atoms with van der Waals surface area (Å²) in [6.45, 7) is 3.66. The van der Waals surface area contributed by atoms with Crippen LogP contribution in [0.25, 0.3) is 0 Å². The lowest BCUT2D eigenvalue weighted by molar-refractivity contribution is 0.0945. The first-order valence-corrected chi connectivity index (χ1v) is 6.96. The molecular weight excluding hydrogens is 240 g/mol. The van der Waals surface area contributed by atoms with E-state index < -0.39 is 15.9 Å². The summed E-state index contributed by atoms with van der Waals surface area (Å²) in [5.41, 5.74) is 3.61. The molecule has 2 N–H and O–H groups in total. The lowest BCUT2D eigenvalue weighted by atomic mass is 10.1. The lowest BCUT2D eigenvalue weighted by Crippen LogP contribution is -2.42. The van der Waals surface area contributed by atoms with Gasteiger partial charge in [-0.3, -0.25) is 10.2 Å². The minimum absolute atomic E-state index is 0.0127. The number of aryl methyl sites for hydroxylation is 1. The second kappa shape index (κ2) is 5.79. The van der Waals surface area contributed by atoms with Crippen molar-refractivity contribution in [2.75, 3.05) is 5.75 Å². The van der Waals surface area contributed by atoms with Gasteiger partial charge in [0.2, 0.25) is 10.0 Å². The molecule has 0 saturated carbocycles. The average Bonchev–Trinajstić information content (AvgIpc) is 2.27. The third kappa shape index (κ3) is 4.54. The Morgan fingerprint density at radius 2 is 1.82 bits per heavy atom. The van der Waals surface area contributed by atoms with Crippen molar-refractivity contribution < 1.29 is 13.2 Å². The van der Waals surface area contributed by atoms with E-state index in [0.717, 1.165) is 5.56 Å². The molecule has 0 aliphatic heterocycles. The van der Waals surface area contributed by atoms with Crippen molar-refractivity contribution in [3.05, 3.63) is 35.4 Å². The molecule has 5 nitrogen and oxygen atoms in total. The summed E-state index contributed by atoms with van der Waals surface area (Å²) in [5, 5.41) is 0. The van der Waals surface area contributed by atoms with Crippen molar-refractivity contribution in [1.29, 1.82) is 0 Å². The molecule has 0 saturated heterocycles. The third-order valence-electron chi connectivity index (χ3n) is 2.11. The number of nitrogens with one attached hydrogen (secondary N) is 2. The summed E-state index contributed by atoms with van der Waals surface area (Å²) in [4.78, 5) is 13.6. The van der Waals surface area contributed by atoms with Crippen molar-refractivity contribution in [1.82, 2.24) is 10.3 Å². The van der Waals surface area contributed by atoms with Gasteiger partial charge >= 0.3 is 0 Å². The van der Waals surface area contributed by atoms with E-state index in [9.17, 15) is 13.2 Å². The number of carbonyl (C=O) groups excluding carboxylic acids is 1. The zero-order valence-electron chi connectivity index (χ0n) is 9.86. The van der Waals surface area contributed by atoms with Crippen LogP contribution in [0.3, 0.4) is 0 Å². The van der Waals surface area contributed by atoms with Crippen LogP contribution in [0.15, 0.2) is 24.3 Å². The van der Waals surface area contributed by atoms with Gasteiger partial charge in [0.15, 0.2) is 0 Å². The van der Waals surface area contributed by atoms with Gasteiger partial charge in [-0.1, -0.05) is 24.6 Å². The summed E-state index contributed by atoms with van der Waals surface area (Å²) in [5.74, 6) is -0.481. The van der Waals surface area contributed by atoms with E-state index >= 15 is 0 Å². The van der Waals surface area contributed by atoms with E-state index in [0.29, 0.717) is 12.0 Å². The molecule has 0 fully saturated rings. The molecule has 0 aromatic heterocycles. The molecule has 6 heteroatoms. The van der Waals surface area contributed by atoms with Crippen molar-refractivity contribution in [3.8, 4) is 0 Å². The number of benzene rings is 1. The summed E-state index contributed by atoms with van der Waals surface area (Å²) in [6, 6.07) is 6.85. The number of carbonyl (C=O) groups is 1. The molecule has 0 spiro atoms. The van der Waals surface area contributed by atoms with Crippen LogP contribution in [0.5, 0.6) is 0 Å². The quantitative estimate of drug-likeness (QED) is 0.771. The topological polar surface area (TPSA) is 75.3 Å². The number of sulfonamides is 1. The van der Waals surface area contributed by atoms with Gasteiger partial charge in [0, 0.05) is 5.56 Å². The van der Waals surface area contributed by atoms with Gasteiger partial charge in [0.25, 0.3) is 5.91 Å². The van der Waals surface area contributed by atoms with Crippen LogP contribution in [0.1, 0.15) is 29.3 Å². The fourth-order valence-electron chi connectivity index (χ4n) is 1.22. The minimum Gasteiger partial charge on any atom is -0.274 e. The second-order valence-electron chi connectivity index (χ2n) is 3.74. The Kier molecular flexibility index (Phi) is 4.65. The van der Waals surface area contributed by atoms with Crippen molar-refractivity contribution >= 4 is 15.9 Å². The molecule has 0 aliphatic carbocycles. The van der Waals surface area contributed by atoms with Crippen LogP contribution in [-0.4, -0.2) is 20.1 Å². The Balaban J connectivity index is 2.59. The van der Waals surface area contributed by atoms with Gasteiger partial charge in [-0.05, 0) is 25.5 Å². The molecular formula is C11H16N2O3S. The van der Waals surface area contributed by atoms with Gasteiger partial charge < -0.3 is 0 Å². The highest BCUT2D eigenvalue weighted by Gasteiger charge is 2.11. The largest absolute Gasteiger partial charge is 0.274 e. The zero-order chi connectivity index (χ0) is 12.9. The number of amides is 1. The first-order chi connectivity index (χ1) is 7.94. The molecule has 1 rings (SSSR count). The van der Waals surface area contributed by atoms with Crippen LogP contribution < -0.4 is 10.3 Å². The van der Waals surface area contributed by atoms with Crippen LogP contribution in [0.2, 0.25) is 0 Å². The third-order valence-corrected chi connectivity index (χ3v) is 3.47. The molecule has 0 bridgehead atoms. The molecule has 1 aromatic carbocycles. The Morgan fingerprint density at radius 1 is 1.24 bits per heavy atom. The van der Waals surface area contributed by atoms with Gasteiger partial charge in [0.05, 0.1) is 5.75 Å². The van der Waals surface area contributed by atoms with Crippen LogP contribution in [0.4, 0.5) is 0 Å². The highest BCUT2D eigenvalue weighted by atomic mass is 32.2. The van der Waals surface area contributed by atoms with Crippen LogP contribution in [0, 0.1) is 6.92 Å². The van der Waals surface area contributed by atoms with Crippen LogP contribution >= 0.6 is 0 Å². The van der Waals surface area contributed by atoms with E-state index in [1.807, 2.05) is 11.8 Å². The molecule has 0 unspecified atom stereocenters. The zero-order valence-corrected chi connectivity index (χ0v) is 10.7. The maximum absolute atomic E-state index is 11.6. The van der Waals surface area contributed by atoms with Gasteiger partial charge in [-0.15, -0.1) is 4.83 Å². The normalized spacial score (nSPS) is 11.2. The SMILES string of the molecule is CCCS(=O)(=O)NNC(=O)c1ccc(C)cc1. The minimum atomic E-state index is -3.42. The van der Waals surface area contributed by atoms with Gasteiger partial charge in [0.1, 0.15) is 0 Å². The van der Waals surface area contributed by atoms with Crippen molar-refractivity contribution in [3.63, 3.8) is 0 Å². The molecule has 1 aromatic rings. The number of rotatable bonds is 5. The fourth-order valence-corrected chi connectivity index (χ4v) is 2.11. The maximum Gasteiger partial charge on any atom is 0.266 e. The summed E-state index contributed by atoms with van der Waals surface area (Å²) < 4.78 is 22.6. The first-order valence-electron chi connectivity index (χ1n) is 5.31. The second-order valence-corrected chi connectivity index (χ2v) is 5.58.